The van der Waals surface area contributed by atoms with Crippen molar-refractivity contribution in [3.8, 4) is 0 Å². The molecule has 0 aromatic heterocycles. The number of nitrogens with zero attached hydrogens (tertiary/aromatic N) is 1. The van der Waals surface area contributed by atoms with Crippen molar-refractivity contribution in [2.24, 2.45) is 0 Å². The molecule has 0 N–H and O–H groups in total. The van der Waals surface area contributed by atoms with Gasteiger partial charge in [0.15, 0.2) is 0 Å². The zero-order valence-corrected chi connectivity index (χ0v) is 3.36. The Hall–Kier alpha value is -0.530. The quantitative estimate of drug-likeness (QED) is 0.416. The highest BCUT2D eigenvalue weighted by Crippen LogP contribution is 1.69. The van der Waals surface area contributed by atoms with Crippen LogP contribution >= 0.6 is 0 Å². The first-order valence-electron chi connectivity index (χ1n) is 4.37. The van der Waals surface area contributed by atoms with Gasteiger partial charge in [0, 0.05) is 29.1 Å². The lowest BCUT2D eigenvalue weighted by atomic mass is 10.7. The lowest BCUT2D eigenvalue weighted by Crippen LogP contribution is -2.17. The molecule has 6 heavy (non-hydrogen) atoms. The molecule has 36 valence electrons. The number of carbonyl (C=O) groups is 1. The van der Waals surface area contributed by atoms with E-state index in [9.17, 15) is 4.79 Å². The van der Waals surface area contributed by atoms with Crippen molar-refractivity contribution in [3.05, 3.63) is 0 Å². The van der Waals surface area contributed by atoms with Gasteiger partial charge in [-0.25, -0.2) is 0 Å². The molecule has 0 rings (SSSR count). The Morgan fingerprint density at radius 2 is 2.33 bits per heavy atom. The number of amides is 1. The molecule has 2 heteroatoms. The molecular weight excluding hydrogens is 78.0 g/mol. The first kappa shape index (κ1) is 0.997. The summed E-state index contributed by atoms with van der Waals surface area (Å²) in [5, 5.41) is 0. The highest BCUT2D eigenvalue weighted by atomic mass is 16.2. The van der Waals surface area contributed by atoms with E-state index < -0.39 is 19.9 Å². The molecule has 0 spiro atoms. The fourth-order valence-corrected chi connectivity index (χ4v) is 0. The summed E-state index contributed by atoms with van der Waals surface area (Å²) in [5.74, 6) is -0.991. The van der Waals surface area contributed by atoms with E-state index in [1.807, 2.05) is 0 Å². The molecule has 0 bridgehead atoms. The first-order chi connectivity index (χ1) is 5.07. The molecule has 0 radical (unpaired) electrons. The van der Waals surface area contributed by atoms with Crippen molar-refractivity contribution in [2.75, 3.05) is 14.0 Å². The molecule has 0 atom stereocenters. The van der Waals surface area contributed by atoms with Crippen LogP contribution in [0.3, 0.4) is 0 Å². The zero-order chi connectivity index (χ0) is 10.2. The molecule has 0 fully saturated rings. The van der Waals surface area contributed by atoms with E-state index in [1.54, 1.807) is 0 Å². The lowest BCUT2D eigenvalue weighted by molar-refractivity contribution is -0.126. The Morgan fingerprint density at radius 1 is 1.83 bits per heavy atom. The van der Waals surface area contributed by atoms with Gasteiger partial charge in [0.1, 0.15) is 0 Å². The number of hydrogen-bond acceptors (Lipinski definition) is 1. The summed E-state index contributed by atoms with van der Waals surface area (Å²) in [6, 6.07) is 0. The fraction of sp³-hybridized carbons (Fsp3) is 0.750. The van der Waals surface area contributed by atoms with Gasteiger partial charge in [-0.3, -0.25) is 4.79 Å². The summed E-state index contributed by atoms with van der Waals surface area (Å²) in [5.41, 5.74) is 0. The second-order valence-electron chi connectivity index (χ2n) is 0.854. The van der Waals surface area contributed by atoms with Gasteiger partial charge in [-0.1, -0.05) is 0 Å². The number of hydrogen-bond donors (Lipinski definition) is 0. The molecule has 0 aromatic rings. The Labute approximate surface area is 46.2 Å². The molecule has 0 saturated heterocycles. The average molecular weight is 93.2 g/mol. The van der Waals surface area contributed by atoms with E-state index in [1.165, 1.54) is 0 Å². The van der Waals surface area contributed by atoms with E-state index in [-0.39, 0.29) is 4.90 Å². The molecule has 0 aliphatic heterocycles. The third-order valence-electron chi connectivity index (χ3n) is 0.315. The molecule has 0 saturated carbocycles. The smallest absolute Gasteiger partial charge is 0.218 e. The molecule has 2 nitrogen and oxygen atoms in total. The number of rotatable bonds is 0. The maximum absolute atomic E-state index is 10.6. The average Bonchev–Trinajstić information content (AvgIpc) is 1.49. The van der Waals surface area contributed by atoms with Crippen molar-refractivity contribution in [1.82, 2.24) is 4.90 Å². The zero-order valence-electron chi connectivity index (χ0n) is 9.36. The summed E-state index contributed by atoms with van der Waals surface area (Å²) in [6.07, 6.45) is 0. The van der Waals surface area contributed by atoms with Crippen molar-refractivity contribution in [1.29, 1.82) is 0 Å². The van der Waals surface area contributed by atoms with Crippen LogP contribution in [0.5, 0.6) is 0 Å². The van der Waals surface area contributed by atoms with Crippen LogP contribution in [-0.2, 0) is 4.79 Å². The van der Waals surface area contributed by atoms with Gasteiger partial charge in [0.2, 0.25) is 5.91 Å². The van der Waals surface area contributed by atoms with Crippen molar-refractivity contribution < 1.29 is 13.0 Å². The molecule has 1 amide bonds. The van der Waals surface area contributed by atoms with E-state index in [0.29, 0.717) is 0 Å². The molecule has 0 heterocycles. The summed E-state index contributed by atoms with van der Waals surface area (Å²) >= 11 is 0. The second-order valence-corrected chi connectivity index (χ2v) is 0.854. The van der Waals surface area contributed by atoms with Crippen molar-refractivity contribution in [3.63, 3.8) is 0 Å². The standard InChI is InChI=1S/C4H9NO/c1-4(6)5(2)3/h1-3H3/i2D3,3D3. The van der Waals surface area contributed by atoms with Crippen LogP contribution in [0.15, 0.2) is 0 Å². The Balaban J connectivity index is 4.82. The van der Waals surface area contributed by atoms with Gasteiger partial charge >= 0.3 is 0 Å². The summed E-state index contributed by atoms with van der Waals surface area (Å²) < 4.78 is 40.5. The minimum Gasteiger partial charge on any atom is -0.349 e. The lowest BCUT2D eigenvalue weighted by Gasteiger charge is -2.02. The first-order valence-corrected chi connectivity index (χ1v) is 1.37. The minimum absolute atomic E-state index is 0.0972. The molecule has 0 aliphatic rings. The van der Waals surface area contributed by atoms with Crippen molar-refractivity contribution >= 4 is 5.91 Å². The SMILES string of the molecule is [2H]C([2H])([2H])N(C(C)=O)C([2H])([2H])[2H]. The summed E-state index contributed by atoms with van der Waals surface area (Å²) in [6.45, 7) is -4.91. The highest BCUT2D eigenvalue weighted by molar-refractivity contribution is 5.72. The molecule has 0 aliphatic carbocycles. The van der Waals surface area contributed by atoms with E-state index >= 15 is 0 Å². The molecular formula is C4H9NO. The van der Waals surface area contributed by atoms with Crippen molar-refractivity contribution in [2.45, 2.75) is 6.92 Å². The predicted octanol–water partition coefficient (Wildman–Crippen LogP) is 0.0945. The predicted molar refractivity (Wildman–Crippen MR) is 24.4 cm³/mol. The van der Waals surface area contributed by atoms with E-state index in [0.717, 1.165) is 6.92 Å². The largest absolute Gasteiger partial charge is 0.349 e. The minimum atomic E-state index is -2.91. The van der Waals surface area contributed by atoms with Gasteiger partial charge < -0.3 is 4.90 Å². The fourth-order valence-electron chi connectivity index (χ4n) is 0. The van der Waals surface area contributed by atoms with Crippen LogP contribution in [0, 0.1) is 0 Å². The summed E-state index contributed by atoms with van der Waals surface area (Å²) in [7, 11) is 0. The van der Waals surface area contributed by atoms with Crippen LogP contribution in [0.2, 0.25) is 0 Å². The number of carbonyl (C=O) groups excluding carboxylic acids is 1. The molecule has 0 unspecified atom stereocenters. The Morgan fingerprint density at radius 3 is 2.33 bits per heavy atom. The van der Waals surface area contributed by atoms with Gasteiger partial charge in [-0.15, -0.1) is 0 Å². The third kappa shape index (κ3) is 1.76. The van der Waals surface area contributed by atoms with Crippen LogP contribution in [-0.4, -0.2) is 24.8 Å². The molecule has 0 aromatic carbocycles. The van der Waals surface area contributed by atoms with E-state index in [2.05, 4.69) is 0 Å². The Kier molecular flexibility index (Phi) is 0.299. The maximum atomic E-state index is 10.6. The third-order valence-corrected chi connectivity index (χ3v) is 0.315. The van der Waals surface area contributed by atoms with Crippen LogP contribution in [0.4, 0.5) is 0 Å². The van der Waals surface area contributed by atoms with Crippen LogP contribution < -0.4 is 0 Å². The van der Waals surface area contributed by atoms with Gasteiger partial charge in [-0.2, -0.15) is 0 Å². The monoisotopic (exact) mass is 93.1 g/mol. The topological polar surface area (TPSA) is 20.3 Å². The highest BCUT2D eigenvalue weighted by Gasteiger charge is 1.87. The van der Waals surface area contributed by atoms with Gasteiger partial charge in [0.05, 0.1) is 0 Å². The van der Waals surface area contributed by atoms with Gasteiger partial charge in [0.25, 0.3) is 0 Å². The van der Waals surface area contributed by atoms with E-state index in [4.69, 9.17) is 8.22 Å². The van der Waals surface area contributed by atoms with Crippen LogP contribution in [0.25, 0.3) is 0 Å². The second kappa shape index (κ2) is 1.80. The van der Waals surface area contributed by atoms with Gasteiger partial charge in [-0.05, 0) is 0 Å². The summed E-state index contributed by atoms with van der Waals surface area (Å²) in [4.78, 5) is 10.5. The maximum Gasteiger partial charge on any atom is 0.218 e. The van der Waals surface area contributed by atoms with Crippen LogP contribution in [0.1, 0.15) is 15.1 Å². The normalized spacial score (nSPS) is 26.8. The Bertz CT molecular complexity index is 167.